The van der Waals surface area contributed by atoms with Gasteiger partial charge in [0.05, 0.1) is 0 Å². The fourth-order valence-corrected chi connectivity index (χ4v) is 10.2. The molecule has 234 valence electrons. The molecule has 0 aromatic heterocycles. The molecule has 0 aromatic rings. The van der Waals surface area contributed by atoms with Crippen LogP contribution < -0.4 is 16.0 Å². The van der Waals surface area contributed by atoms with Gasteiger partial charge in [-0.15, -0.1) is 22.2 Å². The largest absolute Gasteiger partial charge is 0.444 e. The van der Waals surface area contributed by atoms with E-state index < -0.39 is 44.1 Å². The highest BCUT2D eigenvalue weighted by Gasteiger charge is 2.51. The number of rotatable bonds is 6. The number of ether oxygens (including phenoxy) is 2. The van der Waals surface area contributed by atoms with E-state index in [1.54, 1.807) is 46.4 Å². The molecule has 4 amide bonds. The zero-order chi connectivity index (χ0) is 31.0. The monoisotopic (exact) mass is 615 g/mol. The van der Waals surface area contributed by atoms with Crippen LogP contribution in [0.25, 0.3) is 0 Å². The van der Waals surface area contributed by atoms with Crippen molar-refractivity contribution in [3.05, 3.63) is 0 Å². The Hall–Kier alpha value is -2.28. The summed E-state index contributed by atoms with van der Waals surface area (Å²) in [5.41, 5.74) is -1.61. The molecule has 0 spiro atoms. The second-order valence-electron chi connectivity index (χ2n) is 12.0. The van der Waals surface area contributed by atoms with Gasteiger partial charge in [0.25, 0.3) is 0 Å². The van der Waals surface area contributed by atoms with E-state index in [4.69, 9.17) is 14.5 Å². The maximum atomic E-state index is 14.1. The average Bonchev–Trinajstić information content (AvgIpc) is 3.35. The lowest BCUT2D eigenvalue weighted by atomic mass is 10.2. The van der Waals surface area contributed by atoms with Crippen molar-refractivity contribution in [2.75, 3.05) is 24.6 Å². The molecular formula is C28H49N5O6S2. The predicted molar refractivity (Wildman–Crippen MR) is 167 cm³/mol. The van der Waals surface area contributed by atoms with Crippen LogP contribution in [0.5, 0.6) is 0 Å². The fourth-order valence-electron chi connectivity index (χ4n) is 4.66. The predicted octanol–water partition coefficient (Wildman–Crippen LogP) is 4.57. The van der Waals surface area contributed by atoms with E-state index in [9.17, 15) is 19.2 Å². The Morgan fingerprint density at radius 3 is 1.90 bits per heavy atom. The molecule has 0 bridgehead atoms. The van der Waals surface area contributed by atoms with Crippen LogP contribution in [0.15, 0.2) is 4.99 Å². The van der Waals surface area contributed by atoms with Gasteiger partial charge in [0.15, 0.2) is 10.2 Å². The van der Waals surface area contributed by atoms with E-state index in [1.807, 2.05) is 13.8 Å². The van der Waals surface area contributed by atoms with Crippen LogP contribution in [0.4, 0.5) is 9.59 Å². The van der Waals surface area contributed by atoms with E-state index in [0.717, 1.165) is 37.9 Å². The molecule has 0 radical (unpaired) electrons. The van der Waals surface area contributed by atoms with Crippen LogP contribution in [-0.4, -0.2) is 85.8 Å². The first-order valence-corrected chi connectivity index (χ1v) is 16.7. The Kier molecular flexibility index (Phi) is 12.6. The number of likely N-dealkylation sites (N-methyl/N-ethyl adjacent to an activating group) is 1. The molecule has 3 N–H and O–H groups in total. The maximum Gasteiger partial charge on any atom is 0.414 e. The van der Waals surface area contributed by atoms with Gasteiger partial charge in [-0.2, -0.15) is 0 Å². The number of amides is 4. The van der Waals surface area contributed by atoms with Gasteiger partial charge >= 0.3 is 12.2 Å². The number of carbonyl (C=O) groups excluding carboxylic acids is 4. The van der Waals surface area contributed by atoms with E-state index in [-0.39, 0.29) is 17.8 Å². The van der Waals surface area contributed by atoms with Crippen molar-refractivity contribution in [3.8, 4) is 0 Å². The highest BCUT2D eigenvalue weighted by molar-refractivity contribution is 8.28. The summed E-state index contributed by atoms with van der Waals surface area (Å²) in [7, 11) is -0.547. The highest BCUT2D eigenvalue weighted by Crippen LogP contribution is 2.53. The molecule has 11 nitrogen and oxygen atoms in total. The van der Waals surface area contributed by atoms with Gasteiger partial charge in [0.1, 0.15) is 11.2 Å². The molecule has 3 unspecified atom stereocenters. The fraction of sp³-hybridized carbons (Fsp3) is 0.786. The van der Waals surface area contributed by atoms with Gasteiger partial charge in [0, 0.05) is 20.0 Å². The zero-order valence-corrected chi connectivity index (χ0v) is 27.7. The third-order valence-electron chi connectivity index (χ3n) is 6.21. The standard InChI is InChI=1S/C28H49N5O6S2/c1-10-33(11-2)22(35)21(29-19(3)34)28(40-17-14-18-41(28)20-15-12-13-16-20)32-23(30-24(36)38-26(4,5)6)31-25(37)39-27(7,8)9/h21H,10-18H2,1-9H3,(H,29,34)(H2,30,31,32,36,37). The quantitative estimate of drug-likeness (QED) is 0.226. The number of hydrogen-bond acceptors (Lipinski definition) is 8. The molecule has 2 fully saturated rings. The molecule has 13 heteroatoms. The molecule has 1 heterocycles. The third kappa shape index (κ3) is 10.5. The lowest BCUT2D eigenvalue weighted by Crippen LogP contribution is -2.60. The van der Waals surface area contributed by atoms with Gasteiger partial charge in [0.2, 0.25) is 17.8 Å². The number of nitrogens with zero attached hydrogens (tertiary/aromatic N) is 2. The normalized spacial score (nSPS) is 21.8. The summed E-state index contributed by atoms with van der Waals surface area (Å²) in [6.45, 7) is 16.5. The summed E-state index contributed by atoms with van der Waals surface area (Å²) in [5.74, 6) is 0.668. The van der Waals surface area contributed by atoms with Crippen molar-refractivity contribution in [3.63, 3.8) is 0 Å². The first-order chi connectivity index (χ1) is 19.0. The molecule has 2 rings (SSSR count). The molecule has 1 aliphatic heterocycles. The Balaban J connectivity index is 2.81. The molecule has 0 aromatic carbocycles. The molecule has 1 saturated carbocycles. The van der Waals surface area contributed by atoms with Crippen LogP contribution in [0, 0.1) is 0 Å². The van der Waals surface area contributed by atoms with Gasteiger partial charge < -0.3 is 19.7 Å². The van der Waals surface area contributed by atoms with E-state index in [2.05, 4.69) is 16.0 Å². The Labute approximate surface area is 251 Å². The summed E-state index contributed by atoms with van der Waals surface area (Å²) in [5, 5.41) is 8.13. The lowest BCUT2D eigenvalue weighted by molar-refractivity contribution is -0.136. The Morgan fingerprint density at radius 1 is 0.951 bits per heavy atom. The first kappa shape index (κ1) is 34.9. The first-order valence-electron chi connectivity index (χ1n) is 14.4. The van der Waals surface area contributed by atoms with E-state index in [1.165, 1.54) is 23.6 Å². The number of hydrogen-bond donors (Lipinski definition) is 3. The SMILES string of the molecule is CCN(CC)C(=O)C(NC(C)=O)C1(N=C(NC(=O)OC(C)(C)C)NC(=O)OC(C)(C)C)SCCCS1=C1CCCC1. The van der Waals surface area contributed by atoms with E-state index in [0.29, 0.717) is 18.8 Å². The van der Waals surface area contributed by atoms with Gasteiger partial charge in [-0.25, -0.2) is 14.6 Å². The van der Waals surface area contributed by atoms with Crippen molar-refractivity contribution in [1.82, 2.24) is 20.9 Å². The zero-order valence-electron chi connectivity index (χ0n) is 26.1. The van der Waals surface area contributed by atoms with Crippen LogP contribution in [0.2, 0.25) is 0 Å². The van der Waals surface area contributed by atoms with Crippen LogP contribution in [0.3, 0.4) is 0 Å². The van der Waals surface area contributed by atoms with Gasteiger partial charge in [-0.05, 0) is 104 Å². The number of guanidine groups is 1. The van der Waals surface area contributed by atoms with Gasteiger partial charge in [-0.1, -0.05) is 0 Å². The molecule has 2 aliphatic rings. The summed E-state index contributed by atoms with van der Waals surface area (Å²) in [4.78, 5) is 60.6. The van der Waals surface area contributed by atoms with Crippen LogP contribution in [-0.2, 0) is 19.1 Å². The van der Waals surface area contributed by atoms with Crippen molar-refractivity contribution in [1.29, 1.82) is 0 Å². The molecular weight excluding hydrogens is 566 g/mol. The summed E-state index contributed by atoms with van der Waals surface area (Å²) < 4.78 is 9.73. The van der Waals surface area contributed by atoms with E-state index >= 15 is 0 Å². The topological polar surface area (TPSA) is 138 Å². The number of alkyl carbamates (subject to hydrolysis) is 2. The summed E-state index contributed by atoms with van der Waals surface area (Å²) in [6.07, 6.45) is 3.23. The van der Waals surface area contributed by atoms with Crippen molar-refractivity contribution in [2.45, 2.75) is 116 Å². The number of carbonyl (C=O) groups is 4. The second-order valence-corrected chi connectivity index (χ2v) is 16.0. The molecule has 3 atom stereocenters. The van der Waals surface area contributed by atoms with Crippen molar-refractivity contribution >= 4 is 57.1 Å². The minimum absolute atomic E-state index is 0.193. The maximum absolute atomic E-state index is 14.1. The minimum Gasteiger partial charge on any atom is -0.444 e. The average molecular weight is 616 g/mol. The third-order valence-corrected chi connectivity index (χ3v) is 11.2. The highest BCUT2D eigenvalue weighted by atomic mass is 32.2. The summed E-state index contributed by atoms with van der Waals surface area (Å²) in [6, 6.07) is -1.03. The van der Waals surface area contributed by atoms with Crippen molar-refractivity contribution < 1.29 is 28.7 Å². The molecule has 1 saturated heterocycles. The van der Waals surface area contributed by atoms with Crippen molar-refractivity contribution in [2.24, 2.45) is 4.99 Å². The smallest absolute Gasteiger partial charge is 0.414 e. The van der Waals surface area contributed by atoms with Crippen LogP contribution >= 0.6 is 22.2 Å². The Morgan fingerprint density at radius 2 is 1.46 bits per heavy atom. The number of nitrogens with one attached hydrogen (secondary N) is 3. The number of thioether (sulfide) groups is 1. The second kappa shape index (κ2) is 14.8. The Bertz CT molecular complexity index is 1010. The number of aliphatic imine (C=N–C) groups is 1. The van der Waals surface area contributed by atoms with Gasteiger partial charge in [-0.3, -0.25) is 20.2 Å². The van der Waals surface area contributed by atoms with Crippen LogP contribution in [0.1, 0.15) is 94.4 Å². The molecule has 41 heavy (non-hydrogen) atoms. The minimum atomic E-state index is -1.21. The summed E-state index contributed by atoms with van der Waals surface area (Å²) >= 11 is 1.49. The molecule has 1 aliphatic carbocycles. The lowest BCUT2D eigenvalue weighted by Gasteiger charge is -2.44.